The van der Waals surface area contributed by atoms with E-state index in [2.05, 4.69) is 59.7 Å². The first-order valence-corrected chi connectivity index (χ1v) is 11.1. The Morgan fingerprint density at radius 1 is 1.32 bits per heavy atom. The van der Waals surface area contributed by atoms with E-state index < -0.39 is 8.07 Å². The number of halogens is 1. The lowest BCUT2D eigenvalue weighted by Crippen LogP contribution is -2.22. The summed E-state index contributed by atoms with van der Waals surface area (Å²) in [5.74, 6) is 0. The van der Waals surface area contributed by atoms with E-state index in [1.54, 1.807) is 0 Å². The van der Waals surface area contributed by atoms with Crippen molar-refractivity contribution in [1.29, 1.82) is 0 Å². The Hall–Kier alpha value is -0.653. The van der Waals surface area contributed by atoms with Gasteiger partial charge < -0.3 is 4.74 Å². The lowest BCUT2D eigenvalue weighted by Gasteiger charge is -2.15. The third kappa shape index (κ3) is 3.67. The molecule has 0 unspecified atom stereocenters. The fourth-order valence-corrected chi connectivity index (χ4v) is 3.15. The monoisotopic (exact) mass is 340 g/mol. The Morgan fingerprint density at radius 2 is 2.05 bits per heavy atom. The van der Waals surface area contributed by atoms with Crippen LogP contribution in [0, 0.1) is 6.92 Å². The van der Waals surface area contributed by atoms with Crippen molar-refractivity contribution in [2.24, 2.45) is 0 Å². The molecule has 0 N–H and O–H groups in total. The van der Waals surface area contributed by atoms with E-state index >= 15 is 0 Å². The van der Waals surface area contributed by atoms with Gasteiger partial charge in [-0.05, 0) is 24.6 Å². The second-order valence-corrected chi connectivity index (χ2v) is 12.6. The van der Waals surface area contributed by atoms with Crippen LogP contribution in [0.3, 0.4) is 0 Å². The normalized spacial score (nSPS) is 12.3. The molecule has 1 aromatic carbocycles. The van der Waals surface area contributed by atoms with Gasteiger partial charge >= 0.3 is 0 Å². The first kappa shape index (κ1) is 14.7. The summed E-state index contributed by atoms with van der Waals surface area (Å²) in [4.78, 5) is 0. The van der Waals surface area contributed by atoms with Gasteiger partial charge in [-0.1, -0.05) is 41.6 Å². The average Bonchev–Trinajstić information content (AvgIpc) is 2.73. The van der Waals surface area contributed by atoms with Gasteiger partial charge in [0.1, 0.15) is 6.73 Å². The maximum absolute atomic E-state index is 5.78. The van der Waals surface area contributed by atoms with Gasteiger partial charge in [0.15, 0.2) is 0 Å². The number of benzene rings is 1. The number of rotatable bonds is 5. The van der Waals surface area contributed by atoms with Crippen molar-refractivity contribution in [3.8, 4) is 0 Å². The van der Waals surface area contributed by atoms with Crippen LogP contribution in [0.1, 0.15) is 5.56 Å². The second kappa shape index (κ2) is 5.77. The van der Waals surface area contributed by atoms with E-state index in [1.807, 2.05) is 10.9 Å². The van der Waals surface area contributed by atoms with E-state index in [0.717, 1.165) is 22.0 Å². The van der Waals surface area contributed by atoms with E-state index in [4.69, 9.17) is 4.74 Å². The zero-order chi connectivity index (χ0) is 14.0. The minimum absolute atomic E-state index is 0.533. The van der Waals surface area contributed by atoms with E-state index in [1.165, 1.54) is 11.6 Å². The van der Waals surface area contributed by atoms with Gasteiger partial charge in [-0.2, -0.15) is 5.10 Å². The maximum Gasteiger partial charge on any atom is 0.140 e. The van der Waals surface area contributed by atoms with Crippen LogP contribution < -0.4 is 0 Å². The molecule has 2 rings (SSSR count). The fraction of sp³-hybridized carbons (Fsp3) is 0.500. The smallest absolute Gasteiger partial charge is 0.140 e. The highest BCUT2D eigenvalue weighted by Crippen LogP contribution is 2.26. The Labute approximate surface area is 124 Å². The molecule has 0 spiro atoms. The summed E-state index contributed by atoms with van der Waals surface area (Å²) in [6.07, 6.45) is 1.90. The Bertz CT molecular complexity index is 575. The molecule has 19 heavy (non-hydrogen) atoms. The zero-order valence-corrected chi connectivity index (χ0v) is 14.6. The predicted octanol–water partition coefficient (Wildman–Crippen LogP) is 4.42. The number of aromatic nitrogens is 2. The first-order valence-electron chi connectivity index (χ1n) is 6.57. The molecule has 1 heterocycles. The lowest BCUT2D eigenvalue weighted by atomic mass is 10.2. The predicted molar refractivity (Wildman–Crippen MR) is 86.3 cm³/mol. The molecule has 0 bridgehead atoms. The van der Waals surface area contributed by atoms with Crippen molar-refractivity contribution >= 4 is 34.9 Å². The van der Waals surface area contributed by atoms with Crippen molar-refractivity contribution in [3.63, 3.8) is 0 Å². The molecule has 0 amide bonds. The van der Waals surface area contributed by atoms with Crippen LogP contribution in [-0.2, 0) is 11.5 Å². The minimum atomic E-state index is -1.01. The van der Waals surface area contributed by atoms with Crippen LogP contribution in [-0.4, -0.2) is 24.5 Å². The molecular formula is C14H21BrN2OSi. The summed E-state index contributed by atoms with van der Waals surface area (Å²) < 4.78 is 8.81. The molecule has 2 aromatic rings. The van der Waals surface area contributed by atoms with Crippen molar-refractivity contribution in [2.75, 3.05) is 6.61 Å². The molecule has 0 aliphatic rings. The summed E-state index contributed by atoms with van der Waals surface area (Å²) in [5, 5.41) is 5.57. The standard InChI is InChI=1S/C14H21BrN2OSi/c1-11-5-6-13(15)12-9-16-17(14(11)12)10-18-7-8-19(2,3)4/h5-6,9H,7-8,10H2,1-4H3. The highest BCUT2D eigenvalue weighted by Gasteiger charge is 2.13. The van der Waals surface area contributed by atoms with Crippen molar-refractivity contribution < 1.29 is 4.74 Å². The molecule has 104 valence electrons. The summed E-state index contributed by atoms with van der Waals surface area (Å²) >= 11 is 3.56. The van der Waals surface area contributed by atoms with Gasteiger partial charge in [0.05, 0.1) is 11.7 Å². The third-order valence-electron chi connectivity index (χ3n) is 3.16. The van der Waals surface area contributed by atoms with Gasteiger partial charge in [-0.3, -0.25) is 0 Å². The van der Waals surface area contributed by atoms with Crippen molar-refractivity contribution in [3.05, 3.63) is 28.4 Å². The summed E-state index contributed by atoms with van der Waals surface area (Å²) in [6, 6.07) is 5.36. The number of nitrogens with zero attached hydrogens (tertiary/aromatic N) is 2. The third-order valence-corrected chi connectivity index (χ3v) is 5.56. The van der Waals surface area contributed by atoms with Gasteiger partial charge in [0.2, 0.25) is 0 Å². The quantitative estimate of drug-likeness (QED) is 0.595. The van der Waals surface area contributed by atoms with E-state index in [9.17, 15) is 0 Å². The van der Waals surface area contributed by atoms with Gasteiger partial charge in [-0.15, -0.1) is 0 Å². The lowest BCUT2D eigenvalue weighted by molar-refractivity contribution is 0.0816. The van der Waals surface area contributed by atoms with E-state index in [0.29, 0.717) is 6.73 Å². The summed E-state index contributed by atoms with van der Waals surface area (Å²) in [7, 11) is -1.01. The second-order valence-electron chi connectivity index (χ2n) is 6.12. The van der Waals surface area contributed by atoms with Crippen LogP contribution in [0.15, 0.2) is 22.8 Å². The Morgan fingerprint density at radius 3 is 2.74 bits per heavy atom. The molecule has 0 fully saturated rings. The molecule has 3 nitrogen and oxygen atoms in total. The molecule has 0 radical (unpaired) electrons. The van der Waals surface area contributed by atoms with Crippen LogP contribution in [0.4, 0.5) is 0 Å². The topological polar surface area (TPSA) is 27.1 Å². The maximum atomic E-state index is 5.78. The molecule has 0 atom stereocenters. The van der Waals surface area contributed by atoms with Crippen LogP contribution in [0.2, 0.25) is 25.7 Å². The number of ether oxygens (including phenoxy) is 1. The highest BCUT2D eigenvalue weighted by atomic mass is 79.9. The van der Waals surface area contributed by atoms with Gasteiger partial charge in [0.25, 0.3) is 0 Å². The number of hydrogen-bond donors (Lipinski definition) is 0. The summed E-state index contributed by atoms with van der Waals surface area (Å²) in [5.41, 5.74) is 2.38. The van der Waals surface area contributed by atoms with Gasteiger partial charge in [-0.25, -0.2) is 4.68 Å². The molecule has 0 aliphatic carbocycles. The molecule has 0 saturated carbocycles. The Balaban J connectivity index is 2.08. The van der Waals surface area contributed by atoms with E-state index in [-0.39, 0.29) is 0 Å². The van der Waals surface area contributed by atoms with Crippen LogP contribution >= 0.6 is 15.9 Å². The molecule has 0 aliphatic heterocycles. The Kier molecular flexibility index (Phi) is 4.48. The zero-order valence-electron chi connectivity index (χ0n) is 12.0. The molecule has 0 saturated heterocycles. The van der Waals surface area contributed by atoms with Crippen molar-refractivity contribution in [1.82, 2.24) is 9.78 Å². The molecular weight excluding hydrogens is 320 g/mol. The first-order chi connectivity index (χ1) is 8.88. The molecule has 5 heteroatoms. The van der Waals surface area contributed by atoms with Gasteiger partial charge in [0, 0.05) is 24.5 Å². The van der Waals surface area contributed by atoms with Crippen LogP contribution in [0.5, 0.6) is 0 Å². The number of aryl methyl sites for hydroxylation is 1. The van der Waals surface area contributed by atoms with Crippen LogP contribution in [0.25, 0.3) is 10.9 Å². The molecule has 1 aromatic heterocycles. The van der Waals surface area contributed by atoms with Crippen molar-refractivity contribution in [2.45, 2.75) is 39.3 Å². The summed E-state index contributed by atoms with van der Waals surface area (Å²) in [6.45, 7) is 10.5. The highest BCUT2D eigenvalue weighted by molar-refractivity contribution is 9.10. The number of fused-ring (bicyclic) bond motifs is 1. The SMILES string of the molecule is Cc1ccc(Br)c2cnn(COCC[Si](C)(C)C)c12. The average molecular weight is 341 g/mol. The fourth-order valence-electron chi connectivity index (χ4n) is 1.97. The largest absolute Gasteiger partial charge is 0.360 e. The number of hydrogen-bond acceptors (Lipinski definition) is 2. The minimum Gasteiger partial charge on any atom is -0.360 e.